The molecular formula is C11H11F3N6O2. The van der Waals surface area contributed by atoms with Crippen LogP contribution in [0.3, 0.4) is 0 Å². The van der Waals surface area contributed by atoms with E-state index < -0.39 is 23.9 Å². The first-order chi connectivity index (χ1) is 10.3. The Morgan fingerprint density at radius 1 is 1.45 bits per heavy atom. The minimum atomic E-state index is -4.63. The fourth-order valence-electron chi connectivity index (χ4n) is 1.61. The lowest BCUT2D eigenvalue weighted by Gasteiger charge is -2.13. The van der Waals surface area contributed by atoms with Gasteiger partial charge in [0, 0.05) is 0 Å². The molecule has 0 saturated carbocycles. The zero-order valence-corrected chi connectivity index (χ0v) is 11.3. The van der Waals surface area contributed by atoms with Crippen LogP contribution in [0.15, 0.2) is 12.1 Å². The van der Waals surface area contributed by atoms with E-state index in [1.807, 2.05) is 0 Å². The first-order valence-electron chi connectivity index (χ1n) is 6.01. The van der Waals surface area contributed by atoms with Crippen LogP contribution in [0.4, 0.5) is 13.2 Å². The van der Waals surface area contributed by atoms with Crippen molar-refractivity contribution in [3.63, 3.8) is 0 Å². The molecule has 0 aliphatic carbocycles. The Labute approximate surface area is 121 Å². The molecule has 0 bridgehead atoms. The predicted molar refractivity (Wildman–Crippen MR) is 65.1 cm³/mol. The standard InChI is InChI=1S/C11H11F3N6O2/c1-5(10-17-19-20-18-10)22-4-7-6(9(15)21)2-3-8(16-7)11(12,13)14/h2-3,5H,4H2,1H3,(H2,15,21)(H,17,18,19,20). The molecular weight excluding hydrogens is 305 g/mol. The van der Waals surface area contributed by atoms with Crippen LogP contribution in [0.25, 0.3) is 0 Å². The van der Waals surface area contributed by atoms with Crippen molar-refractivity contribution in [1.82, 2.24) is 25.6 Å². The number of hydrogen-bond donors (Lipinski definition) is 2. The number of nitrogens with one attached hydrogen (secondary N) is 1. The van der Waals surface area contributed by atoms with Crippen molar-refractivity contribution in [2.24, 2.45) is 5.73 Å². The summed E-state index contributed by atoms with van der Waals surface area (Å²) in [6.07, 6.45) is -5.29. The minimum Gasteiger partial charge on any atom is -0.366 e. The number of nitrogens with zero attached hydrogens (tertiary/aromatic N) is 4. The van der Waals surface area contributed by atoms with E-state index in [0.717, 1.165) is 6.07 Å². The lowest BCUT2D eigenvalue weighted by atomic mass is 10.1. The van der Waals surface area contributed by atoms with Crippen molar-refractivity contribution in [1.29, 1.82) is 0 Å². The molecule has 2 rings (SSSR count). The van der Waals surface area contributed by atoms with Crippen molar-refractivity contribution in [2.45, 2.75) is 25.8 Å². The molecule has 0 fully saturated rings. The molecule has 0 saturated heterocycles. The molecule has 1 unspecified atom stereocenters. The highest BCUT2D eigenvalue weighted by molar-refractivity contribution is 5.93. The van der Waals surface area contributed by atoms with Crippen molar-refractivity contribution in [3.8, 4) is 0 Å². The number of carbonyl (C=O) groups excluding carboxylic acids is 1. The molecule has 2 aromatic heterocycles. The van der Waals surface area contributed by atoms with E-state index in [1.165, 1.54) is 0 Å². The number of ether oxygens (including phenoxy) is 1. The van der Waals surface area contributed by atoms with Gasteiger partial charge in [-0.25, -0.2) is 4.98 Å². The molecule has 118 valence electrons. The molecule has 0 aromatic carbocycles. The van der Waals surface area contributed by atoms with E-state index in [1.54, 1.807) is 6.92 Å². The summed E-state index contributed by atoms with van der Waals surface area (Å²) in [6.45, 7) is 1.21. The number of primary amides is 1. The van der Waals surface area contributed by atoms with E-state index in [-0.39, 0.29) is 23.7 Å². The molecule has 1 atom stereocenters. The molecule has 2 heterocycles. The number of rotatable bonds is 5. The zero-order chi connectivity index (χ0) is 16.3. The number of aromatic nitrogens is 5. The van der Waals surface area contributed by atoms with Crippen LogP contribution in [0.2, 0.25) is 0 Å². The molecule has 2 aromatic rings. The highest BCUT2D eigenvalue weighted by Gasteiger charge is 2.33. The number of H-pyrrole nitrogens is 1. The van der Waals surface area contributed by atoms with Crippen LogP contribution in [0, 0.1) is 0 Å². The summed E-state index contributed by atoms with van der Waals surface area (Å²) in [6, 6.07) is 1.65. The second-order valence-corrected chi connectivity index (χ2v) is 4.28. The molecule has 3 N–H and O–H groups in total. The van der Waals surface area contributed by atoms with E-state index in [4.69, 9.17) is 10.5 Å². The Bertz CT molecular complexity index is 658. The Balaban J connectivity index is 2.22. The Morgan fingerprint density at radius 2 is 2.18 bits per heavy atom. The topological polar surface area (TPSA) is 120 Å². The largest absolute Gasteiger partial charge is 0.433 e. The summed E-state index contributed by atoms with van der Waals surface area (Å²) in [5.74, 6) is -0.681. The maximum Gasteiger partial charge on any atom is 0.433 e. The second kappa shape index (κ2) is 6.05. The maximum atomic E-state index is 12.7. The average molecular weight is 316 g/mol. The molecule has 11 heteroatoms. The third kappa shape index (κ3) is 3.55. The smallest absolute Gasteiger partial charge is 0.366 e. The highest BCUT2D eigenvalue weighted by Crippen LogP contribution is 2.28. The maximum absolute atomic E-state index is 12.7. The molecule has 0 radical (unpaired) electrons. The molecule has 0 aliphatic rings. The Hall–Kier alpha value is -2.56. The fraction of sp³-hybridized carbons (Fsp3) is 0.364. The molecule has 0 spiro atoms. The van der Waals surface area contributed by atoms with Crippen molar-refractivity contribution in [2.75, 3.05) is 0 Å². The first-order valence-corrected chi connectivity index (χ1v) is 6.01. The monoisotopic (exact) mass is 316 g/mol. The van der Waals surface area contributed by atoms with Crippen LogP contribution >= 0.6 is 0 Å². The van der Waals surface area contributed by atoms with E-state index in [0.29, 0.717) is 6.07 Å². The normalized spacial score (nSPS) is 13.1. The van der Waals surface area contributed by atoms with Crippen LogP contribution in [-0.4, -0.2) is 31.5 Å². The summed E-state index contributed by atoms with van der Waals surface area (Å²) >= 11 is 0. The van der Waals surface area contributed by atoms with E-state index >= 15 is 0 Å². The third-order valence-corrected chi connectivity index (χ3v) is 2.73. The van der Waals surface area contributed by atoms with Crippen LogP contribution in [0.5, 0.6) is 0 Å². The lowest BCUT2D eigenvalue weighted by molar-refractivity contribution is -0.141. The zero-order valence-electron chi connectivity index (χ0n) is 11.3. The summed E-state index contributed by atoms with van der Waals surface area (Å²) in [7, 11) is 0. The van der Waals surface area contributed by atoms with Gasteiger partial charge in [0.15, 0.2) is 0 Å². The Kier molecular flexibility index (Phi) is 4.35. The van der Waals surface area contributed by atoms with Gasteiger partial charge in [-0.1, -0.05) is 5.21 Å². The number of halogens is 3. The van der Waals surface area contributed by atoms with Gasteiger partial charge in [0.1, 0.15) is 11.8 Å². The number of nitrogens with two attached hydrogens (primary N) is 1. The average Bonchev–Trinajstić information content (AvgIpc) is 2.97. The fourth-order valence-corrected chi connectivity index (χ4v) is 1.61. The summed E-state index contributed by atoms with van der Waals surface area (Å²) in [5.41, 5.74) is 3.63. The number of alkyl halides is 3. The van der Waals surface area contributed by atoms with Gasteiger partial charge in [-0.15, -0.1) is 10.2 Å². The minimum absolute atomic E-state index is 0.145. The van der Waals surface area contributed by atoms with Gasteiger partial charge >= 0.3 is 6.18 Å². The third-order valence-electron chi connectivity index (χ3n) is 2.73. The van der Waals surface area contributed by atoms with Crippen molar-refractivity contribution < 1.29 is 22.7 Å². The molecule has 0 aliphatic heterocycles. The summed E-state index contributed by atoms with van der Waals surface area (Å²) < 4.78 is 43.3. The van der Waals surface area contributed by atoms with Crippen molar-refractivity contribution >= 4 is 5.91 Å². The lowest BCUT2D eigenvalue weighted by Crippen LogP contribution is -2.19. The van der Waals surface area contributed by atoms with E-state index in [9.17, 15) is 18.0 Å². The second-order valence-electron chi connectivity index (χ2n) is 4.28. The van der Waals surface area contributed by atoms with Gasteiger partial charge < -0.3 is 10.5 Å². The van der Waals surface area contributed by atoms with Gasteiger partial charge in [0.2, 0.25) is 5.82 Å². The van der Waals surface area contributed by atoms with E-state index in [2.05, 4.69) is 25.6 Å². The number of amides is 1. The van der Waals surface area contributed by atoms with Crippen LogP contribution < -0.4 is 5.73 Å². The summed E-state index contributed by atoms with van der Waals surface area (Å²) in [5, 5.41) is 12.9. The number of hydrogen-bond acceptors (Lipinski definition) is 6. The number of pyridine rings is 1. The van der Waals surface area contributed by atoms with Gasteiger partial charge in [0.05, 0.1) is 17.9 Å². The van der Waals surface area contributed by atoms with Crippen molar-refractivity contribution in [3.05, 3.63) is 34.9 Å². The number of carbonyl (C=O) groups is 1. The Morgan fingerprint density at radius 3 is 2.73 bits per heavy atom. The predicted octanol–water partition coefficient (Wildman–Crippen LogP) is 0.990. The SMILES string of the molecule is CC(OCc1nc(C(F)(F)F)ccc1C(N)=O)c1nn[nH]n1. The first kappa shape index (κ1) is 15.8. The van der Waals surface area contributed by atoms with Crippen LogP contribution in [-0.2, 0) is 17.5 Å². The van der Waals surface area contributed by atoms with Gasteiger partial charge in [-0.05, 0) is 19.1 Å². The quantitative estimate of drug-likeness (QED) is 0.849. The number of tetrazole rings is 1. The summed E-state index contributed by atoms with van der Waals surface area (Å²) in [4.78, 5) is 14.7. The van der Waals surface area contributed by atoms with Crippen LogP contribution in [0.1, 0.15) is 40.6 Å². The highest BCUT2D eigenvalue weighted by atomic mass is 19.4. The van der Waals surface area contributed by atoms with Gasteiger partial charge in [0.25, 0.3) is 5.91 Å². The molecule has 8 nitrogen and oxygen atoms in total. The molecule has 1 amide bonds. The number of aromatic amines is 1. The van der Waals surface area contributed by atoms with Gasteiger partial charge in [-0.2, -0.15) is 18.4 Å². The van der Waals surface area contributed by atoms with Gasteiger partial charge in [-0.3, -0.25) is 4.79 Å². The molecule has 22 heavy (non-hydrogen) atoms.